The van der Waals surface area contributed by atoms with Gasteiger partial charge in [0.05, 0.1) is 6.07 Å². The summed E-state index contributed by atoms with van der Waals surface area (Å²) in [5.41, 5.74) is 8.60. The van der Waals surface area contributed by atoms with E-state index in [0.717, 1.165) is 24.2 Å². The zero-order valence-electron chi connectivity index (χ0n) is 11.9. The standard InChI is InChI=1S/C18H18N2O/c19-12-18(20,16-7-2-1-3-8-16)13-21-17-10-9-14-5-4-6-15(14)11-17/h1-3,7-11H,4-6,13,20H2. The van der Waals surface area contributed by atoms with Gasteiger partial charge in [0.2, 0.25) is 0 Å². The van der Waals surface area contributed by atoms with Crippen molar-refractivity contribution in [3.8, 4) is 11.8 Å². The molecule has 3 rings (SSSR count). The summed E-state index contributed by atoms with van der Waals surface area (Å²) in [7, 11) is 0. The number of benzene rings is 2. The molecule has 3 nitrogen and oxygen atoms in total. The molecule has 0 bridgehead atoms. The van der Waals surface area contributed by atoms with E-state index in [-0.39, 0.29) is 6.61 Å². The molecule has 106 valence electrons. The van der Waals surface area contributed by atoms with Gasteiger partial charge in [0.25, 0.3) is 0 Å². The molecule has 0 spiro atoms. The summed E-state index contributed by atoms with van der Waals surface area (Å²) in [6, 6.07) is 17.7. The summed E-state index contributed by atoms with van der Waals surface area (Å²) in [5.74, 6) is 0.789. The Hall–Kier alpha value is -2.31. The third-order valence-electron chi connectivity index (χ3n) is 4.02. The number of aryl methyl sites for hydroxylation is 2. The summed E-state index contributed by atoms with van der Waals surface area (Å²) >= 11 is 0. The van der Waals surface area contributed by atoms with Crippen LogP contribution >= 0.6 is 0 Å². The van der Waals surface area contributed by atoms with Crippen LogP contribution in [0.3, 0.4) is 0 Å². The summed E-state index contributed by atoms with van der Waals surface area (Å²) in [6.07, 6.45) is 3.47. The smallest absolute Gasteiger partial charge is 0.164 e. The SMILES string of the molecule is N#CC(N)(COc1ccc2c(c1)CCC2)c1ccccc1. The fraction of sp³-hybridized carbons (Fsp3) is 0.278. The van der Waals surface area contributed by atoms with Gasteiger partial charge < -0.3 is 10.5 Å². The highest BCUT2D eigenvalue weighted by molar-refractivity contribution is 5.39. The lowest BCUT2D eigenvalue weighted by molar-refractivity contribution is 0.255. The Morgan fingerprint density at radius 2 is 1.86 bits per heavy atom. The van der Waals surface area contributed by atoms with Crippen molar-refractivity contribution >= 4 is 0 Å². The van der Waals surface area contributed by atoms with Gasteiger partial charge >= 0.3 is 0 Å². The van der Waals surface area contributed by atoms with Gasteiger partial charge in [-0.3, -0.25) is 0 Å². The Bertz CT molecular complexity index is 675. The van der Waals surface area contributed by atoms with Crippen LogP contribution in [0.15, 0.2) is 48.5 Å². The molecule has 0 saturated carbocycles. The highest BCUT2D eigenvalue weighted by Gasteiger charge is 2.28. The fourth-order valence-corrected chi connectivity index (χ4v) is 2.75. The summed E-state index contributed by atoms with van der Waals surface area (Å²) < 4.78 is 5.79. The van der Waals surface area contributed by atoms with E-state index in [9.17, 15) is 5.26 Å². The van der Waals surface area contributed by atoms with Gasteiger partial charge in [-0.25, -0.2) is 0 Å². The number of hydrogen-bond donors (Lipinski definition) is 1. The van der Waals surface area contributed by atoms with E-state index in [1.165, 1.54) is 17.5 Å². The first-order chi connectivity index (χ1) is 10.2. The average molecular weight is 278 g/mol. The molecule has 0 saturated heterocycles. The second-order valence-corrected chi connectivity index (χ2v) is 5.52. The first-order valence-corrected chi connectivity index (χ1v) is 7.21. The molecule has 0 amide bonds. The van der Waals surface area contributed by atoms with Crippen molar-refractivity contribution in [2.24, 2.45) is 5.73 Å². The Balaban J connectivity index is 1.75. The quantitative estimate of drug-likeness (QED) is 0.935. The van der Waals surface area contributed by atoms with Crippen molar-refractivity contribution in [3.63, 3.8) is 0 Å². The highest BCUT2D eigenvalue weighted by Crippen LogP contribution is 2.27. The molecule has 2 aromatic rings. The molecule has 0 fully saturated rings. The zero-order chi connectivity index (χ0) is 14.7. The van der Waals surface area contributed by atoms with Crippen LogP contribution in [0, 0.1) is 11.3 Å². The molecule has 2 aromatic carbocycles. The van der Waals surface area contributed by atoms with Crippen LogP contribution in [0.1, 0.15) is 23.1 Å². The molecule has 0 aromatic heterocycles. The van der Waals surface area contributed by atoms with Crippen molar-refractivity contribution in [3.05, 3.63) is 65.2 Å². The van der Waals surface area contributed by atoms with Gasteiger partial charge in [-0.1, -0.05) is 36.4 Å². The molecule has 1 atom stereocenters. The van der Waals surface area contributed by atoms with Gasteiger partial charge in [0.15, 0.2) is 5.54 Å². The largest absolute Gasteiger partial charge is 0.490 e. The third-order valence-corrected chi connectivity index (χ3v) is 4.02. The molecule has 2 N–H and O–H groups in total. The van der Waals surface area contributed by atoms with E-state index in [0.29, 0.717) is 0 Å². The predicted octanol–water partition coefficient (Wildman–Crippen LogP) is 2.93. The van der Waals surface area contributed by atoms with Crippen molar-refractivity contribution in [1.82, 2.24) is 0 Å². The number of nitrogens with zero attached hydrogens (tertiary/aromatic N) is 1. The maximum atomic E-state index is 9.42. The number of rotatable bonds is 4. The molecule has 3 heteroatoms. The predicted molar refractivity (Wildman–Crippen MR) is 81.9 cm³/mol. The lowest BCUT2D eigenvalue weighted by Gasteiger charge is -2.22. The number of ether oxygens (including phenoxy) is 1. The van der Waals surface area contributed by atoms with Crippen molar-refractivity contribution < 1.29 is 4.74 Å². The maximum absolute atomic E-state index is 9.42. The van der Waals surface area contributed by atoms with Gasteiger partial charge in [0.1, 0.15) is 12.4 Å². The van der Waals surface area contributed by atoms with Crippen molar-refractivity contribution in [1.29, 1.82) is 5.26 Å². The van der Waals surface area contributed by atoms with Crippen LogP contribution < -0.4 is 10.5 Å². The zero-order valence-corrected chi connectivity index (χ0v) is 11.9. The van der Waals surface area contributed by atoms with E-state index in [4.69, 9.17) is 10.5 Å². The minimum absolute atomic E-state index is 0.145. The Morgan fingerprint density at radius 3 is 2.62 bits per heavy atom. The van der Waals surface area contributed by atoms with Crippen LogP contribution in [0.2, 0.25) is 0 Å². The highest BCUT2D eigenvalue weighted by atomic mass is 16.5. The van der Waals surface area contributed by atoms with Crippen LogP contribution in [-0.2, 0) is 18.4 Å². The molecular formula is C18H18N2O. The number of nitrogens with two attached hydrogens (primary N) is 1. The van der Waals surface area contributed by atoms with E-state index < -0.39 is 5.54 Å². The third kappa shape index (κ3) is 2.76. The van der Waals surface area contributed by atoms with Gasteiger partial charge in [0, 0.05) is 0 Å². The summed E-state index contributed by atoms with van der Waals surface area (Å²) in [4.78, 5) is 0. The summed E-state index contributed by atoms with van der Waals surface area (Å²) in [6.45, 7) is 0.145. The average Bonchev–Trinajstić information content (AvgIpc) is 3.01. The van der Waals surface area contributed by atoms with Gasteiger partial charge in [-0.2, -0.15) is 5.26 Å². The molecule has 0 heterocycles. The van der Waals surface area contributed by atoms with E-state index >= 15 is 0 Å². The van der Waals surface area contributed by atoms with Crippen molar-refractivity contribution in [2.45, 2.75) is 24.8 Å². The first kappa shape index (κ1) is 13.7. The Labute approximate surface area is 125 Å². The monoisotopic (exact) mass is 278 g/mol. The molecule has 0 radical (unpaired) electrons. The van der Waals surface area contributed by atoms with Crippen LogP contribution in [0.25, 0.3) is 0 Å². The minimum Gasteiger partial charge on any atom is -0.490 e. The van der Waals surface area contributed by atoms with Crippen LogP contribution in [0.4, 0.5) is 0 Å². The normalized spacial score (nSPS) is 15.8. The number of hydrogen-bond acceptors (Lipinski definition) is 3. The molecule has 1 aliphatic carbocycles. The molecule has 0 aliphatic heterocycles. The summed E-state index contributed by atoms with van der Waals surface area (Å²) in [5, 5.41) is 9.42. The molecule has 1 aliphatic rings. The molecule has 1 unspecified atom stereocenters. The van der Waals surface area contributed by atoms with E-state index in [1.54, 1.807) is 0 Å². The first-order valence-electron chi connectivity index (χ1n) is 7.21. The van der Waals surface area contributed by atoms with E-state index in [1.807, 2.05) is 36.4 Å². The minimum atomic E-state index is -1.12. The van der Waals surface area contributed by atoms with Gasteiger partial charge in [-0.05, 0) is 48.1 Å². The maximum Gasteiger partial charge on any atom is 0.164 e. The van der Waals surface area contributed by atoms with Crippen molar-refractivity contribution in [2.75, 3.05) is 6.61 Å². The lowest BCUT2D eigenvalue weighted by atomic mass is 9.94. The Morgan fingerprint density at radius 1 is 1.10 bits per heavy atom. The Kier molecular flexibility index (Phi) is 3.64. The second-order valence-electron chi connectivity index (χ2n) is 5.52. The number of nitriles is 1. The lowest BCUT2D eigenvalue weighted by Crippen LogP contribution is -2.41. The van der Waals surface area contributed by atoms with Crippen LogP contribution in [-0.4, -0.2) is 6.61 Å². The fourth-order valence-electron chi connectivity index (χ4n) is 2.75. The topological polar surface area (TPSA) is 59.0 Å². The number of fused-ring (bicyclic) bond motifs is 1. The van der Waals surface area contributed by atoms with E-state index in [2.05, 4.69) is 18.2 Å². The van der Waals surface area contributed by atoms with Gasteiger partial charge in [-0.15, -0.1) is 0 Å². The molecule has 21 heavy (non-hydrogen) atoms. The van der Waals surface area contributed by atoms with Crippen LogP contribution in [0.5, 0.6) is 5.75 Å². The molecular weight excluding hydrogens is 260 g/mol. The second kappa shape index (κ2) is 5.59.